The summed E-state index contributed by atoms with van der Waals surface area (Å²) in [5, 5.41) is 1.87. The molecule has 1 aromatic heterocycles. The maximum Gasteiger partial charge on any atom is 0.254 e. The van der Waals surface area contributed by atoms with Gasteiger partial charge in [0.15, 0.2) is 0 Å². The first kappa shape index (κ1) is 22.0. The summed E-state index contributed by atoms with van der Waals surface area (Å²) < 4.78 is 11.0. The first-order chi connectivity index (χ1) is 15.7. The maximum atomic E-state index is 13.2. The summed E-state index contributed by atoms with van der Waals surface area (Å²) in [6.07, 6.45) is 0. The average molecular weight is 451 g/mol. The monoisotopic (exact) mass is 450 g/mol. The highest BCUT2D eigenvalue weighted by Gasteiger charge is 2.25. The van der Waals surface area contributed by atoms with Crippen molar-refractivity contribution in [1.29, 1.82) is 0 Å². The second-order valence-corrected chi connectivity index (χ2v) is 8.46. The van der Waals surface area contributed by atoms with Crippen molar-refractivity contribution in [2.45, 2.75) is 0 Å². The molecule has 0 saturated carbocycles. The Morgan fingerprint density at radius 1 is 0.875 bits per heavy atom. The van der Waals surface area contributed by atoms with E-state index in [9.17, 15) is 9.59 Å². The number of carbonyl (C=O) groups is 2. The zero-order chi connectivity index (χ0) is 22.3. The van der Waals surface area contributed by atoms with Gasteiger partial charge in [-0.05, 0) is 41.8 Å². The van der Waals surface area contributed by atoms with E-state index >= 15 is 0 Å². The molecule has 2 aromatic carbocycles. The van der Waals surface area contributed by atoms with Crippen LogP contribution in [0.5, 0.6) is 11.5 Å². The Kier molecular flexibility index (Phi) is 7.19. The van der Waals surface area contributed by atoms with E-state index in [-0.39, 0.29) is 11.7 Å². The van der Waals surface area contributed by atoms with Gasteiger partial charge >= 0.3 is 0 Å². The normalized spacial score (nSPS) is 14.2. The minimum absolute atomic E-state index is 0.0837. The summed E-state index contributed by atoms with van der Waals surface area (Å²) in [7, 11) is 1.64. The summed E-state index contributed by atoms with van der Waals surface area (Å²) >= 11 is 1.39. The van der Waals surface area contributed by atoms with E-state index in [0.29, 0.717) is 35.7 Å². The number of methoxy groups -OCH3 is 1. The van der Waals surface area contributed by atoms with Crippen molar-refractivity contribution >= 4 is 23.0 Å². The highest BCUT2D eigenvalue weighted by molar-refractivity contribution is 7.12. The van der Waals surface area contributed by atoms with Crippen LogP contribution in [-0.4, -0.2) is 67.9 Å². The molecule has 0 N–H and O–H groups in total. The lowest BCUT2D eigenvalue weighted by Gasteiger charge is -2.34. The molecule has 0 bridgehead atoms. The third-order valence-electron chi connectivity index (χ3n) is 5.54. The van der Waals surface area contributed by atoms with Gasteiger partial charge in [0.25, 0.3) is 5.91 Å². The number of rotatable bonds is 8. The third kappa shape index (κ3) is 5.18. The van der Waals surface area contributed by atoms with Crippen molar-refractivity contribution in [3.8, 4) is 11.5 Å². The van der Waals surface area contributed by atoms with E-state index in [1.807, 2.05) is 46.7 Å². The molecule has 1 fully saturated rings. The quantitative estimate of drug-likeness (QED) is 0.488. The molecule has 0 spiro atoms. The van der Waals surface area contributed by atoms with Gasteiger partial charge < -0.3 is 14.4 Å². The van der Waals surface area contributed by atoms with E-state index < -0.39 is 0 Å². The number of carbonyl (C=O) groups excluding carboxylic acids is 2. The van der Waals surface area contributed by atoms with Crippen molar-refractivity contribution in [2.75, 3.05) is 46.4 Å². The minimum atomic E-state index is -0.0988. The standard InChI is InChI=1S/C25H26N2O4S/c1-30-19-8-10-20(11-9-19)31-17-16-26-12-14-27(15-13-26)25(29)22-6-3-2-5-21(22)24(28)23-7-4-18-32-23/h2-11,18H,12-17H2,1H3. The Morgan fingerprint density at radius 3 is 2.22 bits per heavy atom. The average Bonchev–Trinajstić information content (AvgIpc) is 3.39. The van der Waals surface area contributed by atoms with Gasteiger partial charge in [0.2, 0.25) is 5.78 Å². The van der Waals surface area contributed by atoms with Crippen molar-refractivity contribution in [2.24, 2.45) is 0 Å². The van der Waals surface area contributed by atoms with Gasteiger partial charge in [-0.15, -0.1) is 11.3 Å². The lowest BCUT2D eigenvalue weighted by atomic mass is 10.0. The highest BCUT2D eigenvalue weighted by atomic mass is 32.1. The second-order valence-electron chi connectivity index (χ2n) is 7.51. The topological polar surface area (TPSA) is 59.1 Å². The molecule has 0 radical (unpaired) electrons. The fourth-order valence-electron chi connectivity index (χ4n) is 3.72. The van der Waals surface area contributed by atoms with E-state index in [1.54, 1.807) is 31.4 Å². The zero-order valence-corrected chi connectivity index (χ0v) is 18.8. The largest absolute Gasteiger partial charge is 0.497 e. The van der Waals surface area contributed by atoms with E-state index in [4.69, 9.17) is 9.47 Å². The Balaban J connectivity index is 1.30. The summed E-state index contributed by atoms with van der Waals surface area (Å²) in [4.78, 5) is 30.8. The van der Waals surface area contributed by atoms with Crippen molar-refractivity contribution in [3.05, 3.63) is 82.0 Å². The minimum Gasteiger partial charge on any atom is -0.497 e. The number of ketones is 1. The lowest BCUT2D eigenvalue weighted by molar-refractivity contribution is 0.0617. The molecule has 0 atom stereocenters. The van der Waals surface area contributed by atoms with Gasteiger partial charge in [-0.1, -0.05) is 24.3 Å². The van der Waals surface area contributed by atoms with Gasteiger partial charge in [0.1, 0.15) is 18.1 Å². The fraction of sp³-hybridized carbons (Fsp3) is 0.280. The molecular weight excluding hydrogens is 424 g/mol. The number of ether oxygens (including phenoxy) is 2. The van der Waals surface area contributed by atoms with Crippen LogP contribution in [0.1, 0.15) is 25.6 Å². The number of hydrogen-bond donors (Lipinski definition) is 0. The van der Waals surface area contributed by atoms with Crippen molar-refractivity contribution in [3.63, 3.8) is 0 Å². The van der Waals surface area contributed by atoms with Crippen LogP contribution in [0.3, 0.4) is 0 Å². The first-order valence-electron chi connectivity index (χ1n) is 10.6. The number of amides is 1. The van der Waals surface area contributed by atoms with Crippen LogP contribution in [0.15, 0.2) is 66.0 Å². The second kappa shape index (κ2) is 10.4. The Hall–Kier alpha value is -3.16. The molecule has 1 amide bonds. The molecule has 166 valence electrons. The number of thiophene rings is 1. The summed E-state index contributed by atoms with van der Waals surface area (Å²) in [6.45, 7) is 4.18. The summed E-state index contributed by atoms with van der Waals surface area (Å²) in [5.41, 5.74) is 0.942. The van der Waals surface area contributed by atoms with Gasteiger partial charge in [-0.25, -0.2) is 0 Å². The van der Waals surface area contributed by atoms with Crippen molar-refractivity contribution < 1.29 is 19.1 Å². The predicted molar refractivity (Wildman–Crippen MR) is 125 cm³/mol. The number of nitrogens with zero attached hydrogens (tertiary/aromatic N) is 2. The Bertz CT molecular complexity index is 1040. The SMILES string of the molecule is COc1ccc(OCCN2CCN(C(=O)c3ccccc3C(=O)c3cccs3)CC2)cc1. The fourth-order valence-corrected chi connectivity index (χ4v) is 4.40. The Morgan fingerprint density at radius 2 is 1.56 bits per heavy atom. The maximum absolute atomic E-state index is 13.2. The smallest absolute Gasteiger partial charge is 0.254 e. The van der Waals surface area contributed by atoms with Gasteiger partial charge in [0, 0.05) is 38.3 Å². The lowest BCUT2D eigenvalue weighted by Crippen LogP contribution is -2.49. The predicted octanol–water partition coefficient (Wildman–Crippen LogP) is 3.82. The Labute approximate surface area is 192 Å². The highest BCUT2D eigenvalue weighted by Crippen LogP contribution is 2.21. The number of piperazine rings is 1. The van der Waals surface area contributed by atoms with E-state index in [1.165, 1.54) is 11.3 Å². The van der Waals surface area contributed by atoms with E-state index in [2.05, 4.69) is 4.90 Å². The molecule has 4 rings (SSSR count). The van der Waals surface area contributed by atoms with Crippen LogP contribution >= 0.6 is 11.3 Å². The molecule has 32 heavy (non-hydrogen) atoms. The molecule has 7 heteroatoms. The molecule has 3 aromatic rings. The molecule has 2 heterocycles. The van der Waals surface area contributed by atoms with Crippen molar-refractivity contribution in [1.82, 2.24) is 9.80 Å². The number of hydrogen-bond acceptors (Lipinski definition) is 6. The van der Waals surface area contributed by atoms with Crippen LogP contribution in [0.25, 0.3) is 0 Å². The molecular formula is C25H26N2O4S. The van der Waals surface area contributed by atoms with Crippen LogP contribution in [0.4, 0.5) is 0 Å². The molecule has 1 aliphatic heterocycles. The summed E-state index contributed by atoms with van der Waals surface area (Å²) in [6, 6.07) is 18.3. The van der Waals surface area contributed by atoms with Crippen LogP contribution in [0, 0.1) is 0 Å². The molecule has 1 saturated heterocycles. The first-order valence-corrected chi connectivity index (χ1v) is 11.5. The van der Waals surface area contributed by atoms with Crippen LogP contribution < -0.4 is 9.47 Å². The van der Waals surface area contributed by atoms with Gasteiger partial charge in [-0.3, -0.25) is 14.5 Å². The zero-order valence-electron chi connectivity index (χ0n) is 18.0. The van der Waals surface area contributed by atoms with Crippen LogP contribution in [0.2, 0.25) is 0 Å². The van der Waals surface area contributed by atoms with E-state index in [0.717, 1.165) is 31.1 Å². The number of benzene rings is 2. The molecule has 0 unspecified atom stereocenters. The summed E-state index contributed by atoms with van der Waals surface area (Å²) in [5.74, 6) is 1.43. The van der Waals surface area contributed by atoms with Crippen LogP contribution in [-0.2, 0) is 0 Å². The molecule has 0 aliphatic carbocycles. The molecule has 6 nitrogen and oxygen atoms in total. The third-order valence-corrected chi connectivity index (χ3v) is 6.41. The molecule has 1 aliphatic rings. The van der Waals surface area contributed by atoms with Gasteiger partial charge in [0.05, 0.1) is 17.6 Å². The van der Waals surface area contributed by atoms with Gasteiger partial charge in [-0.2, -0.15) is 0 Å².